The van der Waals surface area contributed by atoms with Crippen LogP contribution < -0.4 is 19.3 Å². The number of hydrogen-bond donors (Lipinski definition) is 2. The van der Waals surface area contributed by atoms with Crippen LogP contribution in [0.1, 0.15) is 126 Å². The summed E-state index contributed by atoms with van der Waals surface area (Å²) in [6.45, 7) is 16.2. The zero-order valence-corrected chi connectivity index (χ0v) is 29.0. The molecule has 266 valence electrons. The summed E-state index contributed by atoms with van der Waals surface area (Å²) in [6, 6.07) is 10.2. The molecule has 11 nitrogen and oxygen atoms in total. The molecule has 0 amide bonds. The molecular formula is C34H54N2O9S2. The molecule has 3 N–H and O–H groups in total. The lowest BCUT2D eigenvalue weighted by molar-refractivity contribution is 0.0510. The SMILES string of the molecule is C.C.CC(C)(C)[S@@](N)=O.CCOC(=O)c1cccc2c1OCCC2=O.CCOC(=O)c1cccc2c1OCC[C@@H]2N[S@@](=O)C(C)(C)C. The molecule has 0 aromatic heterocycles. The maximum absolute atomic E-state index is 12.3. The van der Waals surface area contributed by atoms with E-state index in [0.29, 0.717) is 67.5 Å². The Labute approximate surface area is 285 Å². The van der Waals surface area contributed by atoms with Crippen LogP contribution >= 0.6 is 0 Å². The minimum atomic E-state index is -1.18. The van der Waals surface area contributed by atoms with Gasteiger partial charge in [0.25, 0.3) is 0 Å². The Balaban J connectivity index is 0.000000744. The van der Waals surface area contributed by atoms with Crippen LogP contribution in [-0.4, -0.2) is 62.1 Å². The summed E-state index contributed by atoms with van der Waals surface area (Å²) in [6.07, 6.45) is 1.07. The molecule has 2 aliphatic rings. The molecule has 0 fully saturated rings. The van der Waals surface area contributed by atoms with Crippen molar-refractivity contribution in [3.63, 3.8) is 0 Å². The van der Waals surface area contributed by atoms with Gasteiger partial charge in [-0.2, -0.15) is 0 Å². The van der Waals surface area contributed by atoms with Gasteiger partial charge in [-0.1, -0.05) is 33.1 Å². The van der Waals surface area contributed by atoms with Crippen LogP contribution in [-0.2, 0) is 31.4 Å². The summed E-state index contributed by atoms with van der Waals surface area (Å²) in [5.41, 5.74) is 2.07. The number of fused-ring (bicyclic) bond motifs is 2. The van der Waals surface area contributed by atoms with Gasteiger partial charge < -0.3 is 18.9 Å². The first-order chi connectivity index (χ1) is 21.0. The Bertz CT molecular complexity index is 1400. The molecule has 0 radical (unpaired) electrons. The van der Waals surface area contributed by atoms with Crippen molar-refractivity contribution in [1.29, 1.82) is 0 Å². The smallest absolute Gasteiger partial charge is 0.341 e. The molecular weight excluding hydrogens is 645 g/mol. The number of benzene rings is 2. The minimum Gasteiger partial charge on any atom is -0.492 e. The van der Waals surface area contributed by atoms with Crippen molar-refractivity contribution < 1.29 is 41.7 Å². The van der Waals surface area contributed by atoms with Gasteiger partial charge in [0.1, 0.15) is 22.6 Å². The Hall–Kier alpha value is -3.13. The number of hydrogen-bond acceptors (Lipinski definition) is 9. The molecule has 0 bridgehead atoms. The zero-order chi connectivity index (χ0) is 33.9. The van der Waals surface area contributed by atoms with E-state index in [4.69, 9.17) is 24.1 Å². The number of carbonyl (C=O) groups is 3. The number of nitrogens with two attached hydrogens (primary N) is 1. The lowest BCUT2D eigenvalue weighted by atomic mass is 9.98. The Morgan fingerprint density at radius 1 is 0.851 bits per heavy atom. The molecule has 2 heterocycles. The molecule has 2 aliphatic heterocycles. The minimum absolute atomic E-state index is 0. The van der Waals surface area contributed by atoms with Crippen LogP contribution in [0.2, 0.25) is 0 Å². The van der Waals surface area contributed by atoms with Gasteiger partial charge in [-0.15, -0.1) is 0 Å². The second-order valence-electron chi connectivity index (χ2n) is 12.0. The van der Waals surface area contributed by atoms with E-state index < -0.39 is 33.9 Å². The van der Waals surface area contributed by atoms with Crippen molar-refractivity contribution >= 4 is 39.7 Å². The fourth-order valence-electron chi connectivity index (χ4n) is 3.88. The molecule has 47 heavy (non-hydrogen) atoms. The largest absolute Gasteiger partial charge is 0.492 e. The van der Waals surface area contributed by atoms with Crippen molar-refractivity contribution in [2.24, 2.45) is 5.14 Å². The summed E-state index contributed by atoms with van der Waals surface area (Å²) in [5, 5.41) is 5.04. The topological polar surface area (TPSA) is 160 Å². The highest BCUT2D eigenvalue weighted by molar-refractivity contribution is 7.84. The van der Waals surface area contributed by atoms with Gasteiger partial charge in [-0.3, -0.25) is 9.93 Å². The van der Waals surface area contributed by atoms with Crippen LogP contribution in [0.3, 0.4) is 0 Å². The maximum atomic E-state index is 12.3. The van der Waals surface area contributed by atoms with Gasteiger partial charge in [-0.05, 0) is 73.6 Å². The van der Waals surface area contributed by atoms with Crippen LogP contribution in [0.15, 0.2) is 36.4 Å². The van der Waals surface area contributed by atoms with Crippen LogP contribution in [0.25, 0.3) is 0 Å². The summed E-state index contributed by atoms with van der Waals surface area (Å²) in [7, 11) is -2.37. The van der Waals surface area contributed by atoms with Crippen molar-refractivity contribution in [2.75, 3.05) is 26.4 Å². The molecule has 0 aliphatic carbocycles. The van der Waals surface area contributed by atoms with E-state index in [1.54, 1.807) is 44.2 Å². The van der Waals surface area contributed by atoms with Crippen molar-refractivity contribution in [3.05, 3.63) is 58.7 Å². The third-order valence-electron chi connectivity index (χ3n) is 6.36. The molecule has 0 unspecified atom stereocenters. The molecule has 4 rings (SSSR count). The highest BCUT2D eigenvalue weighted by Crippen LogP contribution is 2.36. The molecule has 0 saturated carbocycles. The normalized spacial score (nSPS) is 16.1. The fraction of sp³-hybridized carbons (Fsp3) is 0.559. The number of para-hydroxylation sites is 2. The molecule has 0 saturated heterocycles. The molecule has 2 aromatic carbocycles. The van der Waals surface area contributed by atoms with E-state index in [1.165, 1.54) is 0 Å². The van der Waals surface area contributed by atoms with E-state index in [0.717, 1.165) is 5.56 Å². The van der Waals surface area contributed by atoms with E-state index in [1.807, 2.05) is 47.6 Å². The predicted octanol–water partition coefficient (Wildman–Crippen LogP) is 6.25. The predicted molar refractivity (Wildman–Crippen MR) is 189 cm³/mol. The number of carbonyl (C=O) groups excluding carboxylic acids is 3. The Kier molecular flexibility index (Phi) is 18.3. The fourth-order valence-corrected chi connectivity index (χ4v) is 4.74. The summed E-state index contributed by atoms with van der Waals surface area (Å²) < 4.78 is 46.3. The standard InChI is InChI=1S/C16H23NO4S.C12H12O4.C4H11NOS.2CH4/c1-5-20-15(18)12-8-6-7-11-13(9-10-21-14(11)12)17-22(19)16(2,3)4;1-2-15-12(14)9-5-3-4-8-10(13)6-7-16-11(8)9;1-4(2,3)7(5)6;;/h6-8,13,17H,5,9-10H2,1-4H3;3-5H,2,6-7H2,1H3;5H2,1-3H3;2*1H4/t13-,22-;;7-;;/m0.0../s1. The average Bonchev–Trinajstić information content (AvgIpc) is 2.97. The van der Waals surface area contributed by atoms with Crippen molar-refractivity contribution in [2.45, 2.75) is 98.6 Å². The first-order valence-corrected chi connectivity index (χ1v) is 17.1. The highest BCUT2D eigenvalue weighted by Gasteiger charge is 2.30. The maximum Gasteiger partial charge on any atom is 0.341 e. The number of rotatable bonds is 6. The van der Waals surface area contributed by atoms with Gasteiger partial charge >= 0.3 is 11.9 Å². The number of Topliss-reactive ketones (excluding diaryl/α,β-unsaturated/α-hetero) is 1. The van der Waals surface area contributed by atoms with Crippen LogP contribution in [0.5, 0.6) is 11.5 Å². The summed E-state index contributed by atoms with van der Waals surface area (Å²) in [4.78, 5) is 35.2. The third kappa shape index (κ3) is 12.8. The number of nitrogens with one attached hydrogen (secondary N) is 1. The van der Waals surface area contributed by atoms with Crippen molar-refractivity contribution in [3.8, 4) is 11.5 Å². The number of ether oxygens (including phenoxy) is 4. The lowest BCUT2D eigenvalue weighted by Gasteiger charge is -2.30. The van der Waals surface area contributed by atoms with E-state index >= 15 is 0 Å². The summed E-state index contributed by atoms with van der Waals surface area (Å²) in [5.74, 6) is 0.0613. The Morgan fingerprint density at radius 2 is 1.34 bits per heavy atom. The second-order valence-corrected chi connectivity index (χ2v) is 15.8. The molecule has 2 aromatic rings. The molecule has 0 spiro atoms. The highest BCUT2D eigenvalue weighted by atomic mass is 32.2. The quantitative estimate of drug-likeness (QED) is 0.333. The monoisotopic (exact) mass is 698 g/mol. The third-order valence-corrected chi connectivity index (χ3v) is 9.18. The van der Waals surface area contributed by atoms with E-state index in [9.17, 15) is 22.8 Å². The zero-order valence-electron chi connectivity index (χ0n) is 27.4. The van der Waals surface area contributed by atoms with E-state index in [-0.39, 0.29) is 36.2 Å². The van der Waals surface area contributed by atoms with Crippen molar-refractivity contribution in [1.82, 2.24) is 4.72 Å². The van der Waals surface area contributed by atoms with Crippen LogP contribution in [0, 0.1) is 0 Å². The van der Waals surface area contributed by atoms with Crippen LogP contribution in [0.4, 0.5) is 0 Å². The van der Waals surface area contributed by atoms with Gasteiger partial charge in [0.05, 0.1) is 69.5 Å². The first kappa shape index (κ1) is 43.9. The van der Waals surface area contributed by atoms with Gasteiger partial charge in [0.2, 0.25) is 0 Å². The Morgan fingerprint density at radius 3 is 1.83 bits per heavy atom. The average molecular weight is 699 g/mol. The van der Waals surface area contributed by atoms with E-state index in [2.05, 4.69) is 4.72 Å². The summed E-state index contributed by atoms with van der Waals surface area (Å²) >= 11 is 0. The van der Waals surface area contributed by atoms with Gasteiger partial charge in [-0.25, -0.2) is 22.7 Å². The first-order valence-electron chi connectivity index (χ1n) is 14.8. The molecule has 3 atom stereocenters. The van der Waals surface area contributed by atoms with Gasteiger partial charge in [0, 0.05) is 18.4 Å². The molecule has 13 heteroatoms. The number of esters is 2. The second kappa shape index (κ2) is 19.6. The van der Waals surface area contributed by atoms with Gasteiger partial charge in [0.15, 0.2) is 5.78 Å². The lowest BCUT2D eigenvalue weighted by Crippen LogP contribution is -2.37. The number of ketones is 1.